The van der Waals surface area contributed by atoms with E-state index in [1.807, 2.05) is 0 Å². The van der Waals surface area contributed by atoms with E-state index in [9.17, 15) is 23.6 Å². The van der Waals surface area contributed by atoms with Crippen molar-refractivity contribution in [1.29, 1.82) is 0 Å². The van der Waals surface area contributed by atoms with Crippen molar-refractivity contribution in [3.8, 4) is 0 Å². The fourth-order valence-electron chi connectivity index (χ4n) is 1.49. The summed E-state index contributed by atoms with van der Waals surface area (Å²) in [7, 11) is -3.61. The predicted molar refractivity (Wildman–Crippen MR) is 75.6 cm³/mol. The van der Waals surface area contributed by atoms with Gasteiger partial charge in [0.1, 0.15) is 0 Å². The van der Waals surface area contributed by atoms with E-state index >= 15 is 0 Å². The molecular formula is C12H18N2O5S. The van der Waals surface area contributed by atoms with Crippen molar-refractivity contribution in [1.82, 2.24) is 0 Å². The van der Waals surface area contributed by atoms with Gasteiger partial charge in [-0.15, -0.1) is 0 Å². The number of anilines is 1. The maximum Gasteiger partial charge on any atom is 0.270 e. The number of hydrogen-bond donors (Lipinski definition) is 2. The molecule has 0 aromatic heterocycles. The molecule has 0 saturated heterocycles. The zero-order chi connectivity index (χ0) is 15.6. The molecule has 7 nitrogen and oxygen atoms in total. The predicted octanol–water partition coefficient (Wildman–Crippen LogP) is 1.57. The van der Waals surface area contributed by atoms with E-state index in [0.29, 0.717) is 6.42 Å². The highest BCUT2D eigenvalue weighted by atomic mass is 32.2. The molecule has 0 radical (unpaired) electrons. The molecule has 0 amide bonds. The normalized spacial score (nSPS) is 14.6. The van der Waals surface area contributed by atoms with Crippen LogP contribution in [-0.2, 0) is 9.84 Å². The standard InChI is InChI=1S/C12H18N2O5S/c1-4-12(2,15)8-13-10-6-5-9(14(16)17)7-11(10)20(3,18)19/h5-7,13,15H,4,8H2,1-3H3. The van der Waals surface area contributed by atoms with Crippen molar-refractivity contribution in [2.24, 2.45) is 0 Å². The summed E-state index contributed by atoms with van der Waals surface area (Å²) in [6.07, 6.45) is 1.47. The Morgan fingerprint density at radius 1 is 1.45 bits per heavy atom. The van der Waals surface area contributed by atoms with Gasteiger partial charge in [0.2, 0.25) is 0 Å². The maximum absolute atomic E-state index is 11.7. The summed E-state index contributed by atoms with van der Waals surface area (Å²) in [5, 5.41) is 23.4. The lowest BCUT2D eigenvalue weighted by atomic mass is 10.0. The van der Waals surface area contributed by atoms with Crippen LogP contribution in [0.2, 0.25) is 0 Å². The van der Waals surface area contributed by atoms with Gasteiger partial charge in [0.25, 0.3) is 5.69 Å². The third-order valence-corrected chi connectivity index (χ3v) is 4.13. The highest BCUT2D eigenvalue weighted by molar-refractivity contribution is 7.90. The lowest BCUT2D eigenvalue weighted by Gasteiger charge is -2.23. The van der Waals surface area contributed by atoms with Crippen molar-refractivity contribution in [2.45, 2.75) is 30.8 Å². The van der Waals surface area contributed by atoms with Crippen LogP contribution in [0.25, 0.3) is 0 Å². The first kappa shape index (κ1) is 16.4. The van der Waals surface area contributed by atoms with Crippen molar-refractivity contribution in [3.05, 3.63) is 28.3 Å². The second kappa shape index (κ2) is 5.76. The number of nitro groups is 1. The molecule has 1 unspecified atom stereocenters. The van der Waals surface area contributed by atoms with E-state index in [1.54, 1.807) is 13.8 Å². The van der Waals surface area contributed by atoms with Crippen LogP contribution in [-0.4, -0.2) is 36.8 Å². The van der Waals surface area contributed by atoms with Crippen molar-refractivity contribution >= 4 is 21.2 Å². The van der Waals surface area contributed by atoms with Gasteiger partial charge in [-0.3, -0.25) is 10.1 Å². The number of hydrogen-bond acceptors (Lipinski definition) is 6. The molecule has 0 saturated carbocycles. The summed E-state index contributed by atoms with van der Waals surface area (Å²) >= 11 is 0. The third-order valence-electron chi connectivity index (χ3n) is 3.00. The van der Waals surface area contributed by atoms with Crippen LogP contribution in [0.15, 0.2) is 23.1 Å². The molecule has 0 aliphatic heterocycles. The first-order chi connectivity index (χ1) is 9.07. The largest absolute Gasteiger partial charge is 0.388 e. The van der Waals surface area contributed by atoms with Gasteiger partial charge in [-0.05, 0) is 19.4 Å². The van der Waals surface area contributed by atoms with E-state index in [1.165, 1.54) is 12.1 Å². The lowest BCUT2D eigenvalue weighted by Crippen LogP contribution is -2.32. The lowest BCUT2D eigenvalue weighted by molar-refractivity contribution is -0.385. The van der Waals surface area contributed by atoms with E-state index in [-0.39, 0.29) is 22.8 Å². The zero-order valence-corrected chi connectivity index (χ0v) is 12.4. The number of rotatable bonds is 6. The monoisotopic (exact) mass is 302 g/mol. The SMILES string of the molecule is CCC(C)(O)CNc1ccc([N+](=O)[O-])cc1S(C)(=O)=O. The molecule has 8 heteroatoms. The van der Waals surface area contributed by atoms with Crippen LogP contribution in [0.4, 0.5) is 11.4 Å². The molecule has 0 spiro atoms. The Balaban J connectivity index is 3.17. The molecule has 0 bridgehead atoms. The maximum atomic E-state index is 11.7. The zero-order valence-electron chi connectivity index (χ0n) is 11.6. The van der Waals surface area contributed by atoms with Crippen LogP contribution < -0.4 is 5.32 Å². The molecule has 0 fully saturated rings. The van der Waals surface area contributed by atoms with E-state index < -0.39 is 20.4 Å². The number of nitrogens with one attached hydrogen (secondary N) is 1. The van der Waals surface area contributed by atoms with Crippen LogP contribution in [0.1, 0.15) is 20.3 Å². The van der Waals surface area contributed by atoms with Gasteiger partial charge in [0.05, 0.1) is 21.1 Å². The Bertz CT molecular complexity index is 610. The molecular weight excluding hydrogens is 284 g/mol. The van der Waals surface area contributed by atoms with Gasteiger partial charge in [-0.2, -0.15) is 0 Å². The average Bonchev–Trinajstić information content (AvgIpc) is 2.35. The molecule has 112 valence electrons. The van der Waals surface area contributed by atoms with Crippen molar-refractivity contribution in [2.75, 3.05) is 18.1 Å². The molecule has 2 N–H and O–H groups in total. The summed E-state index contributed by atoms with van der Waals surface area (Å²) in [6.45, 7) is 3.56. The Morgan fingerprint density at radius 3 is 2.50 bits per heavy atom. The molecule has 0 aliphatic rings. The fraction of sp³-hybridized carbons (Fsp3) is 0.500. The minimum Gasteiger partial charge on any atom is -0.388 e. The van der Waals surface area contributed by atoms with Gasteiger partial charge in [0.15, 0.2) is 9.84 Å². The fourth-order valence-corrected chi connectivity index (χ4v) is 2.36. The second-order valence-corrected chi connectivity index (χ2v) is 6.90. The van der Waals surface area contributed by atoms with Gasteiger partial charge in [0, 0.05) is 24.9 Å². The number of aliphatic hydroxyl groups is 1. The minimum absolute atomic E-state index is 0.143. The van der Waals surface area contributed by atoms with Gasteiger partial charge in [-0.25, -0.2) is 8.42 Å². The smallest absolute Gasteiger partial charge is 0.270 e. The van der Waals surface area contributed by atoms with E-state index in [0.717, 1.165) is 12.3 Å². The summed E-state index contributed by atoms with van der Waals surface area (Å²) < 4.78 is 23.4. The van der Waals surface area contributed by atoms with Crippen LogP contribution >= 0.6 is 0 Å². The first-order valence-electron chi connectivity index (χ1n) is 6.01. The number of non-ortho nitro benzene ring substituents is 1. The van der Waals surface area contributed by atoms with Crippen molar-refractivity contribution in [3.63, 3.8) is 0 Å². The molecule has 0 heterocycles. The number of nitro benzene ring substituents is 1. The highest BCUT2D eigenvalue weighted by Gasteiger charge is 2.21. The summed E-state index contributed by atoms with van der Waals surface area (Å²) in [6, 6.07) is 3.57. The topological polar surface area (TPSA) is 110 Å². The number of benzene rings is 1. The molecule has 0 aliphatic carbocycles. The van der Waals surface area contributed by atoms with Crippen LogP contribution in [0.5, 0.6) is 0 Å². The van der Waals surface area contributed by atoms with Crippen LogP contribution in [0.3, 0.4) is 0 Å². The van der Waals surface area contributed by atoms with E-state index in [4.69, 9.17) is 0 Å². The summed E-state index contributed by atoms with van der Waals surface area (Å²) in [4.78, 5) is 9.90. The van der Waals surface area contributed by atoms with Gasteiger partial charge < -0.3 is 10.4 Å². The van der Waals surface area contributed by atoms with Crippen molar-refractivity contribution < 1.29 is 18.4 Å². The Hall–Kier alpha value is -1.67. The Kier molecular flexibility index (Phi) is 4.72. The number of sulfone groups is 1. The summed E-state index contributed by atoms with van der Waals surface area (Å²) in [5.74, 6) is 0. The van der Waals surface area contributed by atoms with Crippen LogP contribution in [0, 0.1) is 10.1 Å². The quantitative estimate of drug-likeness (QED) is 0.609. The van der Waals surface area contributed by atoms with Gasteiger partial charge >= 0.3 is 0 Å². The molecule has 1 aromatic carbocycles. The molecule has 1 rings (SSSR count). The summed E-state index contributed by atoms with van der Waals surface area (Å²) in [5.41, 5.74) is -1.04. The molecule has 20 heavy (non-hydrogen) atoms. The molecule has 1 aromatic rings. The minimum atomic E-state index is -3.61. The highest BCUT2D eigenvalue weighted by Crippen LogP contribution is 2.27. The van der Waals surface area contributed by atoms with E-state index in [2.05, 4.69) is 5.32 Å². The third kappa shape index (κ3) is 4.17. The van der Waals surface area contributed by atoms with Gasteiger partial charge in [-0.1, -0.05) is 6.92 Å². The second-order valence-electron chi connectivity index (χ2n) is 4.91. The number of nitrogens with zero attached hydrogens (tertiary/aromatic N) is 1. The Morgan fingerprint density at radius 2 is 2.05 bits per heavy atom. The molecule has 1 atom stereocenters. The average molecular weight is 302 g/mol. The first-order valence-corrected chi connectivity index (χ1v) is 7.91. The Labute approximate surface area is 117 Å².